The van der Waals surface area contributed by atoms with E-state index in [0.29, 0.717) is 19.0 Å². The van der Waals surface area contributed by atoms with E-state index in [2.05, 4.69) is 54.4 Å². The third-order valence-electron chi connectivity index (χ3n) is 5.25. The summed E-state index contributed by atoms with van der Waals surface area (Å²) in [5.41, 5.74) is 11.5. The summed E-state index contributed by atoms with van der Waals surface area (Å²) < 4.78 is 13.4. The molecule has 0 atom stereocenters. The van der Waals surface area contributed by atoms with Crippen LogP contribution in [-0.2, 0) is 13.1 Å². The van der Waals surface area contributed by atoms with Crippen molar-refractivity contribution in [3.8, 4) is 0 Å². The Bertz CT molecular complexity index is 1310. The van der Waals surface area contributed by atoms with Crippen molar-refractivity contribution in [1.82, 2.24) is 19.9 Å². The molecule has 3 aromatic carbocycles. The Balaban J connectivity index is 1.33. The van der Waals surface area contributed by atoms with Gasteiger partial charge >= 0.3 is 0 Å². The first-order valence-corrected chi connectivity index (χ1v) is 10.2. The van der Waals surface area contributed by atoms with E-state index in [4.69, 9.17) is 5.73 Å². The summed E-state index contributed by atoms with van der Waals surface area (Å²) in [5.74, 6) is 0.979. The second kappa shape index (κ2) is 8.43. The molecule has 2 heterocycles. The average Bonchev–Trinajstić information content (AvgIpc) is 3.45. The van der Waals surface area contributed by atoms with E-state index >= 15 is 0 Å². The lowest BCUT2D eigenvalue weighted by Gasteiger charge is -2.24. The summed E-state index contributed by atoms with van der Waals surface area (Å²) in [6.07, 6.45) is 3.52. The maximum Gasteiger partial charge on any atom is 0.198 e. The molecule has 0 saturated heterocycles. The first-order chi connectivity index (χ1) is 15.6. The fraction of sp³-hybridized carbons (Fsp3) is 0.0833. The largest absolute Gasteiger partial charge is 0.381 e. The number of H-pyrrole nitrogens is 2. The minimum Gasteiger partial charge on any atom is -0.381 e. The van der Waals surface area contributed by atoms with Gasteiger partial charge in [0.05, 0.1) is 17.6 Å². The first-order valence-electron chi connectivity index (χ1n) is 10.2. The van der Waals surface area contributed by atoms with Crippen molar-refractivity contribution in [1.29, 1.82) is 0 Å². The van der Waals surface area contributed by atoms with Gasteiger partial charge in [-0.1, -0.05) is 12.1 Å². The quantitative estimate of drug-likeness (QED) is 0.294. The Kier molecular flexibility index (Phi) is 5.17. The maximum absolute atomic E-state index is 13.4. The van der Waals surface area contributed by atoms with E-state index in [0.717, 1.165) is 39.5 Å². The molecule has 0 fully saturated rings. The zero-order chi connectivity index (χ0) is 21.9. The van der Waals surface area contributed by atoms with Crippen molar-refractivity contribution in [2.45, 2.75) is 13.1 Å². The van der Waals surface area contributed by atoms with Crippen molar-refractivity contribution in [3.05, 3.63) is 96.3 Å². The molecule has 7 nitrogen and oxygen atoms in total. The molecule has 160 valence electrons. The zero-order valence-corrected chi connectivity index (χ0v) is 17.2. The predicted octanol–water partition coefficient (Wildman–Crippen LogP) is 4.96. The van der Waals surface area contributed by atoms with Crippen molar-refractivity contribution in [3.63, 3.8) is 0 Å². The number of fused-ring (bicyclic) bond motifs is 1. The van der Waals surface area contributed by atoms with Crippen LogP contribution in [0.15, 0.2) is 79.1 Å². The van der Waals surface area contributed by atoms with E-state index in [1.54, 1.807) is 24.5 Å². The van der Waals surface area contributed by atoms with Crippen LogP contribution in [0, 0.1) is 5.82 Å². The third-order valence-corrected chi connectivity index (χ3v) is 5.25. The van der Waals surface area contributed by atoms with E-state index < -0.39 is 0 Å². The van der Waals surface area contributed by atoms with Crippen LogP contribution in [0.5, 0.6) is 0 Å². The standard InChI is InChI=1S/C24H22FN7/c25-17-3-8-20(9-4-17)32(15-23-27-11-12-28-23)19-6-1-16(2-7-19)14-29-18-5-10-21-22(13-18)31-24(26)30-21/h1-13,29H,14-15H2,(H,27,28)(H3,26,30,31). The zero-order valence-electron chi connectivity index (χ0n) is 17.2. The van der Waals surface area contributed by atoms with Crippen LogP contribution in [-0.4, -0.2) is 19.9 Å². The number of hydrogen-bond acceptors (Lipinski definition) is 5. The summed E-state index contributed by atoms with van der Waals surface area (Å²) in [4.78, 5) is 16.8. The van der Waals surface area contributed by atoms with Crippen LogP contribution < -0.4 is 16.0 Å². The number of nitrogens with zero attached hydrogens (tertiary/aromatic N) is 3. The van der Waals surface area contributed by atoms with Crippen molar-refractivity contribution < 1.29 is 4.39 Å². The number of hydrogen-bond donors (Lipinski definition) is 4. The smallest absolute Gasteiger partial charge is 0.198 e. The van der Waals surface area contributed by atoms with E-state index in [9.17, 15) is 4.39 Å². The van der Waals surface area contributed by atoms with Gasteiger partial charge in [-0.05, 0) is 60.2 Å². The number of aromatic amines is 2. The SMILES string of the molecule is Nc1nc2ccc(NCc3ccc(N(Cc4ncc[nH]4)c4ccc(F)cc4)cc3)cc2[nH]1. The second-order valence-electron chi connectivity index (χ2n) is 7.47. The van der Waals surface area contributed by atoms with Crippen LogP contribution >= 0.6 is 0 Å². The molecule has 5 N–H and O–H groups in total. The number of nitrogen functional groups attached to an aromatic ring is 1. The highest BCUT2D eigenvalue weighted by Gasteiger charge is 2.12. The normalized spacial score (nSPS) is 11.0. The Morgan fingerprint density at radius 1 is 0.969 bits per heavy atom. The number of nitrogens with one attached hydrogen (secondary N) is 3. The van der Waals surface area contributed by atoms with Gasteiger partial charge in [-0.15, -0.1) is 0 Å². The molecule has 0 unspecified atom stereocenters. The highest BCUT2D eigenvalue weighted by molar-refractivity contribution is 5.81. The molecule has 0 amide bonds. The molecule has 2 aromatic heterocycles. The Morgan fingerprint density at radius 3 is 2.44 bits per heavy atom. The molecule has 0 saturated carbocycles. The maximum atomic E-state index is 13.4. The lowest BCUT2D eigenvalue weighted by atomic mass is 10.1. The lowest BCUT2D eigenvalue weighted by molar-refractivity contribution is 0.627. The molecule has 0 radical (unpaired) electrons. The van der Waals surface area contributed by atoms with Gasteiger partial charge in [0.2, 0.25) is 0 Å². The molecule has 8 heteroatoms. The van der Waals surface area contributed by atoms with Crippen LogP contribution in [0.4, 0.5) is 27.4 Å². The monoisotopic (exact) mass is 427 g/mol. The molecule has 0 aliphatic carbocycles. The fourth-order valence-corrected chi connectivity index (χ4v) is 3.62. The minimum absolute atomic E-state index is 0.260. The molecule has 5 aromatic rings. The molecule has 0 spiro atoms. The third kappa shape index (κ3) is 4.24. The van der Waals surface area contributed by atoms with Crippen LogP contribution in [0.3, 0.4) is 0 Å². The number of aromatic nitrogens is 4. The average molecular weight is 427 g/mol. The Hall–Kier alpha value is -4.33. The minimum atomic E-state index is -0.260. The van der Waals surface area contributed by atoms with Gasteiger partial charge in [0.1, 0.15) is 11.6 Å². The van der Waals surface area contributed by atoms with Crippen molar-refractivity contribution in [2.75, 3.05) is 16.0 Å². The summed E-state index contributed by atoms with van der Waals surface area (Å²) in [6.45, 7) is 1.22. The molecule has 0 bridgehead atoms. The molecular weight excluding hydrogens is 405 g/mol. The summed E-state index contributed by atoms with van der Waals surface area (Å²) >= 11 is 0. The van der Waals surface area contributed by atoms with Gasteiger partial charge in [-0.3, -0.25) is 0 Å². The van der Waals surface area contributed by atoms with Crippen LogP contribution in [0.1, 0.15) is 11.4 Å². The summed E-state index contributed by atoms with van der Waals surface area (Å²) in [5, 5.41) is 3.43. The molecule has 5 rings (SSSR count). The van der Waals surface area contributed by atoms with E-state index in [1.165, 1.54) is 12.1 Å². The van der Waals surface area contributed by atoms with Crippen molar-refractivity contribution in [2.24, 2.45) is 0 Å². The molecule has 0 aliphatic heterocycles. The predicted molar refractivity (Wildman–Crippen MR) is 125 cm³/mol. The summed E-state index contributed by atoms with van der Waals surface area (Å²) in [6, 6.07) is 20.6. The number of anilines is 4. The number of imidazole rings is 2. The number of halogens is 1. The lowest BCUT2D eigenvalue weighted by Crippen LogP contribution is -2.17. The highest BCUT2D eigenvalue weighted by atomic mass is 19.1. The van der Waals surface area contributed by atoms with Gasteiger partial charge < -0.3 is 25.9 Å². The van der Waals surface area contributed by atoms with Gasteiger partial charge in [-0.25, -0.2) is 14.4 Å². The number of rotatable bonds is 7. The Morgan fingerprint density at radius 2 is 1.72 bits per heavy atom. The molecular formula is C24H22FN7. The Labute approximate surface area is 184 Å². The second-order valence-corrected chi connectivity index (χ2v) is 7.47. The number of benzene rings is 3. The molecule has 32 heavy (non-hydrogen) atoms. The first kappa shape index (κ1) is 19.6. The van der Waals surface area contributed by atoms with Crippen molar-refractivity contribution >= 4 is 34.0 Å². The fourth-order valence-electron chi connectivity index (χ4n) is 3.62. The van der Waals surface area contributed by atoms with Gasteiger partial charge in [0, 0.05) is 36.0 Å². The topological polar surface area (TPSA) is 98.6 Å². The van der Waals surface area contributed by atoms with Gasteiger partial charge in [0.15, 0.2) is 5.95 Å². The number of nitrogens with two attached hydrogens (primary N) is 1. The molecule has 0 aliphatic rings. The van der Waals surface area contributed by atoms with E-state index in [1.807, 2.05) is 18.2 Å². The van der Waals surface area contributed by atoms with Crippen LogP contribution in [0.25, 0.3) is 11.0 Å². The van der Waals surface area contributed by atoms with Crippen LogP contribution in [0.2, 0.25) is 0 Å². The highest BCUT2D eigenvalue weighted by Crippen LogP contribution is 2.28. The van der Waals surface area contributed by atoms with E-state index in [-0.39, 0.29) is 5.82 Å². The van der Waals surface area contributed by atoms with Gasteiger partial charge in [0.25, 0.3) is 0 Å². The summed E-state index contributed by atoms with van der Waals surface area (Å²) in [7, 11) is 0. The van der Waals surface area contributed by atoms with Gasteiger partial charge in [-0.2, -0.15) is 0 Å².